The molecule has 0 aliphatic rings. The molecule has 0 fully saturated rings. The molecule has 0 radical (unpaired) electrons. The van der Waals surface area contributed by atoms with Crippen LogP contribution in [0.5, 0.6) is 0 Å². The molecule has 1 amide bonds. The van der Waals surface area contributed by atoms with E-state index in [0.29, 0.717) is 11.3 Å². The molecule has 0 unspecified atom stereocenters. The molecule has 0 saturated carbocycles. The maximum atomic E-state index is 13.2. The van der Waals surface area contributed by atoms with E-state index in [1.807, 2.05) is 12.1 Å². The molecule has 1 N–H and O–H groups in total. The molecule has 5 nitrogen and oxygen atoms in total. The van der Waals surface area contributed by atoms with Crippen molar-refractivity contribution in [1.82, 2.24) is 4.31 Å². The molecule has 3 aromatic carbocycles. The van der Waals surface area contributed by atoms with Gasteiger partial charge in [0.1, 0.15) is 5.82 Å². The fraction of sp³-hybridized carbons (Fsp3) is 0.0952. The third kappa shape index (κ3) is 5.84. The van der Waals surface area contributed by atoms with Crippen LogP contribution in [0.4, 0.5) is 10.1 Å². The smallest absolute Gasteiger partial charge is 0.243 e. The Morgan fingerprint density at radius 3 is 2.17 bits per heavy atom. The summed E-state index contributed by atoms with van der Waals surface area (Å²) >= 11 is 2.15. The van der Waals surface area contributed by atoms with Crippen LogP contribution in [0.1, 0.15) is 5.56 Å². The van der Waals surface area contributed by atoms with Crippen LogP contribution < -0.4 is 5.32 Å². The van der Waals surface area contributed by atoms with Crippen LogP contribution in [0.25, 0.3) is 0 Å². The minimum atomic E-state index is -3.93. The number of amides is 1. The molecular formula is C21H18FIN2O3S. The lowest BCUT2D eigenvalue weighted by molar-refractivity contribution is -0.116. The van der Waals surface area contributed by atoms with E-state index < -0.39 is 21.7 Å². The second kappa shape index (κ2) is 9.47. The van der Waals surface area contributed by atoms with Gasteiger partial charge in [-0.15, -0.1) is 0 Å². The van der Waals surface area contributed by atoms with Crippen LogP contribution in [0.3, 0.4) is 0 Å². The Morgan fingerprint density at radius 1 is 0.931 bits per heavy atom. The molecule has 0 heterocycles. The number of benzene rings is 3. The number of hydrogen-bond acceptors (Lipinski definition) is 3. The highest BCUT2D eigenvalue weighted by Gasteiger charge is 2.26. The normalized spacial score (nSPS) is 11.4. The summed E-state index contributed by atoms with van der Waals surface area (Å²) in [6.07, 6.45) is 0. The molecule has 0 atom stereocenters. The number of halogens is 2. The molecule has 0 bridgehead atoms. The number of carbonyl (C=O) groups excluding carboxylic acids is 1. The van der Waals surface area contributed by atoms with Gasteiger partial charge in [0.15, 0.2) is 0 Å². The zero-order chi connectivity index (χ0) is 20.9. The first-order chi connectivity index (χ1) is 13.8. The van der Waals surface area contributed by atoms with Crippen molar-refractivity contribution in [3.63, 3.8) is 0 Å². The van der Waals surface area contributed by atoms with E-state index in [-0.39, 0.29) is 18.0 Å². The van der Waals surface area contributed by atoms with Crippen molar-refractivity contribution in [3.8, 4) is 0 Å². The predicted molar refractivity (Wildman–Crippen MR) is 118 cm³/mol. The van der Waals surface area contributed by atoms with Crippen molar-refractivity contribution in [3.05, 3.63) is 93.8 Å². The van der Waals surface area contributed by atoms with Crippen molar-refractivity contribution in [2.24, 2.45) is 0 Å². The number of anilines is 1. The number of carbonyl (C=O) groups is 1. The minimum Gasteiger partial charge on any atom is -0.325 e. The first-order valence-electron chi connectivity index (χ1n) is 8.70. The van der Waals surface area contributed by atoms with Crippen molar-refractivity contribution in [1.29, 1.82) is 0 Å². The van der Waals surface area contributed by atoms with Gasteiger partial charge in [-0.2, -0.15) is 4.31 Å². The van der Waals surface area contributed by atoms with Gasteiger partial charge < -0.3 is 5.32 Å². The van der Waals surface area contributed by atoms with Gasteiger partial charge in [0, 0.05) is 15.8 Å². The molecule has 150 valence electrons. The van der Waals surface area contributed by atoms with E-state index in [9.17, 15) is 17.6 Å². The molecule has 29 heavy (non-hydrogen) atoms. The van der Waals surface area contributed by atoms with E-state index in [1.165, 1.54) is 36.4 Å². The van der Waals surface area contributed by atoms with Crippen LogP contribution in [-0.4, -0.2) is 25.2 Å². The Morgan fingerprint density at radius 2 is 1.55 bits per heavy atom. The van der Waals surface area contributed by atoms with E-state index in [1.54, 1.807) is 30.3 Å². The van der Waals surface area contributed by atoms with Crippen LogP contribution in [-0.2, 0) is 21.4 Å². The van der Waals surface area contributed by atoms with E-state index in [4.69, 9.17) is 0 Å². The number of rotatable bonds is 7. The van der Waals surface area contributed by atoms with E-state index >= 15 is 0 Å². The Labute approximate surface area is 182 Å². The monoisotopic (exact) mass is 524 g/mol. The number of nitrogens with one attached hydrogen (secondary N) is 1. The van der Waals surface area contributed by atoms with Gasteiger partial charge in [-0.25, -0.2) is 12.8 Å². The zero-order valence-electron chi connectivity index (χ0n) is 15.3. The summed E-state index contributed by atoms with van der Waals surface area (Å²) in [6, 6.07) is 20.6. The molecule has 0 saturated heterocycles. The molecule has 8 heteroatoms. The highest BCUT2D eigenvalue weighted by Crippen LogP contribution is 2.19. The SMILES string of the molecule is O=C(CN(Cc1ccc(F)cc1)S(=O)(=O)c1ccccc1)Nc1ccc(I)cc1. The number of nitrogens with zero attached hydrogens (tertiary/aromatic N) is 1. The highest BCUT2D eigenvalue weighted by molar-refractivity contribution is 14.1. The molecule has 3 aromatic rings. The summed E-state index contributed by atoms with van der Waals surface area (Å²) in [6.45, 7) is -0.432. The largest absolute Gasteiger partial charge is 0.325 e. The van der Waals surface area contributed by atoms with Gasteiger partial charge in [0.25, 0.3) is 0 Å². The molecule has 0 aliphatic heterocycles. The Kier molecular flexibility index (Phi) is 6.99. The molecular weight excluding hydrogens is 506 g/mol. The Bertz CT molecular complexity index is 1070. The number of hydrogen-bond donors (Lipinski definition) is 1. The highest BCUT2D eigenvalue weighted by atomic mass is 127. The lowest BCUT2D eigenvalue weighted by Crippen LogP contribution is -2.37. The fourth-order valence-corrected chi connectivity index (χ4v) is 4.42. The summed E-state index contributed by atoms with van der Waals surface area (Å²) in [7, 11) is -3.93. The summed E-state index contributed by atoms with van der Waals surface area (Å²) in [5.74, 6) is -0.879. The van der Waals surface area contributed by atoms with Crippen LogP contribution in [0.15, 0.2) is 83.8 Å². The predicted octanol–water partition coefficient (Wildman–Crippen LogP) is 4.26. The first-order valence-corrected chi connectivity index (χ1v) is 11.2. The molecule has 0 spiro atoms. The fourth-order valence-electron chi connectivity index (χ4n) is 2.65. The van der Waals surface area contributed by atoms with E-state index in [2.05, 4.69) is 27.9 Å². The second-order valence-electron chi connectivity index (χ2n) is 6.27. The molecule has 3 rings (SSSR count). The lowest BCUT2D eigenvalue weighted by atomic mass is 10.2. The maximum absolute atomic E-state index is 13.2. The molecule has 0 aliphatic carbocycles. The van der Waals surface area contributed by atoms with Gasteiger partial charge in [-0.05, 0) is 76.7 Å². The zero-order valence-corrected chi connectivity index (χ0v) is 18.2. The van der Waals surface area contributed by atoms with Crippen LogP contribution in [0, 0.1) is 9.39 Å². The van der Waals surface area contributed by atoms with Crippen molar-refractivity contribution in [2.75, 3.05) is 11.9 Å². The molecule has 0 aromatic heterocycles. The van der Waals surface area contributed by atoms with Gasteiger partial charge >= 0.3 is 0 Å². The van der Waals surface area contributed by atoms with Crippen molar-refractivity contribution >= 4 is 44.2 Å². The third-order valence-electron chi connectivity index (χ3n) is 4.10. The summed E-state index contributed by atoms with van der Waals surface area (Å²) in [5.41, 5.74) is 1.15. The maximum Gasteiger partial charge on any atom is 0.243 e. The topological polar surface area (TPSA) is 66.5 Å². The quantitative estimate of drug-likeness (QED) is 0.470. The third-order valence-corrected chi connectivity index (χ3v) is 6.63. The second-order valence-corrected chi connectivity index (χ2v) is 9.45. The van der Waals surface area contributed by atoms with Gasteiger partial charge in [0.05, 0.1) is 11.4 Å². The summed E-state index contributed by atoms with van der Waals surface area (Å²) < 4.78 is 41.5. The lowest BCUT2D eigenvalue weighted by Gasteiger charge is -2.22. The van der Waals surface area contributed by atoms with Crippen molar-refractivity contribution in [2.45, 2.75) is 11.4 Å². The average Bonchev–Trinajstić information content (AvgIpc) is 2.71. The van der Waals surface area contributed by atoms with E-state index in [0.717, 1.165) is 7.88 Å². The van der Waals surface area contributed by atoms with Gasteiger partial charge in [-0.1, -0.05) is 30.3 Å². The van der Waals surface area contributed by atoms with Gasteiger partial charge in [0.2, 0.25) is 15.9 Å². The van der Waals surface area contributed by atoms with Crippen LogP contribution in [0.2, 0.25) is 0 Å². The summed E-state index contributed by atoms with van der Waals surface area (Å²) in [4.78, 5) is 12.6. The Hall–Kier alpha value is -2.30. The minimum absolute atomic E-state index is 0.0579. The van der Waals surface area contributed by atoms with Gasteiger partial charge in [-0.3, -0.25) is 4.79 Å². The summed E-state index contributed by atoms with van der Waals surface area (Å²) in [5, 5.41) is 2.71. The Balaban J connectivity index is 1.84. The average molecular weight is 524 g/mol. The number of sulfonamides is 1. The van der Waals surface area contributed by atoms with Crippen molar-refractivity contribution < 1.29 is 17.6 Å². The first kappa shape index (κ1) is 21.4. The van der Waals surface area contributed by atoms with Crippen LogP contribution >= 0.6 is 22.6 Å². The standard InChI is InChI=1S/C21H18FIN2O3S/c22-17-8-6-16(7-9-17)14-25(29(27,28)20-4-2-1-3-5-20)15-21(26)24-19-12-10-18(23)11-13-19/h1-13H,14-15H2,(H,24,26).